The van der Waals surface area contributed by atoms with E-state index in [4.69, 9.17) is 9.15 Å². The number of aromatic amines is 1. The van der Waals surface area contributed by atoms with E-state index < -0.39 is 6.04 Å². The van der Waals surface area contributed by atoms with E-state index in [-0.39, 0.29) is 11.7 Å². The lowest BCUT2D eigenvalue weighted by molar-refractivity contribution is 0.0901. The number of aryl methyl sites for hydroxylation is 1. The van der Waals surface area contributed by atoms with Crippen molar-refractivity contribution < 1.29 is 9.15 Å². The van der Waals surface area contributed by atoms with Gasteiger partial charge in [-0.1, -0.05) is 42.5 Å². The molecule has 2 aromatic carbocycles. The zero-order valence-electron chi connectivity index (χ0n) is 21.3. The maximum absolute atomic E-state index is 13.7. The van der Waals surface area contributed by atoms with Crippen LogP contribution in [0.4, 0.5) is 0 Å². The highest BCUT2D eigenvalue weighted by Crippen LogP contribution is 2.31. The number of nitrogens with zero attached hydrogens (tertiary/aromatic N) is 5. The molecule has 0 radical (unpaired) electrons. The fraction of sp³-hybridized carbons (Fsp3) is 0.310. The summed E-state index contributed by atoms with van der Waals surface area (Å²) in [5.74, 6) is 1.39. The Balaban J connectivity index is 1.50. The molecule has 2 unspecified atom stereocenters. The first-order valence-electron chi connectivity index (χ1n) is 13.0. The summed E-state index contributed by atoms with van der Waals surface area (Å²) in [6, 6.07) is 21.5. The predicted octanol–water partition coefficient (Wildman–Crippen LogP) is 4.39. The fourth-order valence-electron chi connectivity index (χ4n) is 5.21. The summed E-state index contributed by atoms with van der Waals surface area (Å²) >= 11 is 0. The Morgan fingerprint density at radius 1 is 1.11 bits per heavy atom. The Morgan fingerprint density at radius 2 is 2.00 bits per heavy atom. The van der Waals surface area contributed by atoms with Gasteiger partial charge < -0.3 is 14.1 Å². The van der Waals surface area contributed by atoms with Crippen molar-refractivity contribution in [2.75, 3.05) is 6.61 Å². The van der Waals surface area contributed by atoms with Gasteiger partial charge in [-0.3, -0.25) is 9.69 Å². The zero-order valence-corrected chi connectivity index (χ0v) is 21.3. The second-order valence-corrected chi connectivity index (χ2v) is 9.87. The van der Waals surface area contributed by atoms with E-state index in [1.165, 1.54) is 0 Å². The molecule has 6 rings (SSSR count). The number of tetrazole rings is 1. The molecule has 5 aromatic rings. The third-order valence-corrected chi connectivity index (χ3v) is 7.06. The highest BCUT2D eigenvalue weighted by Gasteiger charge is 2.32. The number of hydrogen-bond donors (Lipinski definition) is 1. The van der Waals surface area contributed by atoms with E-state index >= 15 is 0 Å². The highest BCUT2D eigenvalue weighted by atomic mass is 16.5. The molecule has 9 nitrogen and oxygen atoms in total. The van der Waals surface area contributed by atoms with Crippen molar-refractivity contribution in [3.63, 3.8) is 0 Å². The third kappa shape index (κ3) is 5.16. The van der Waals surface area contributed by atoms with Crippen LogP contribution in [0, 0.1) is 6.92 Å². The van der Waals surface area contributed by atoms with Crippen molar-refractivity contribution in [2.24, 2.45) is 0 Å². The minimum absolute atomic E-state index is 0.0448. The van der Waals surface area contributed by atoms with Crippen LogP contribution in [0.3, 0.4) is 0 Å². The normalized spacial score (nSPS) is 16.4. The number of pyridine rings is 1. The summed E-state index contributed by atoms with van der Waals surface area (Å²) in [6.45, 7) is 4.31. The molecule has 2 atom stereocenters. The minimum Gasteiger partial charge on any atom is -0.468 e. The van der Waals surface area contributed by atoms with E-state index in [0.29, 0.717) is 31.0 Å². The lowest BCUT2D eigenvalue weighted by Crippen LogP contribution is -2.35. The molecule has 194 valence electrons. The van der Waals surface area contributed by atoms with Crippen molar-refractivity contribution in [1.82, 2.24) is 30.1 Å². The van der Waals surface area contributed by atoms with Gasteiger partial charge in [0.25, 0.3) is 5.56 Å². The first-order chi connectivity index (χ1) is 18.6. The molecule has 4 heterocycles. The molecule has 0 aliphatic carbocycles. The number of hydrogen-bond acceptors (Lipinski definition) is 7. The number of H-pyrrole nitrogens is 1. The lowest BCUT2D eigenvalue weighted by atomic mass is 10.0. The first-order valence-corrected chi connectivity index (χ1v) is 13.0. The standard InChI is InChI=1S/C29H30N6O3/c1-20-11-12-22-16-25(29(36)30-26(22)15-20)27(28-31-32-33-35(28)19-24-10-6-14-38-24)34(18-23-9-5-13-37-23)17-21-7-3-2-4-8-21/h2-5,7-9,11-13,15-16,24,27H,6,10,14,17-19H2,1H3,(H,30,36). The van der Waals surface area contributed by atoms with Crippen LogP contribution in [-0.4, -0.2) is 42.8 Å². The first kappa shape index (κ1) is 24.3. The van der Waals surface area contributed by atoms with E-state index in [1.54, 1.807) is 10.9 Å². The van der Waals surface area contributed by atoms with Crippen LogP contribution in [0.15, 0.2) is 82.2 Å². The summed E-state index contributed by atoms with van der Waals surface area (Å²) in [5, 5.41) is 13.8. The Kier molecular flexibility index (Phi) is 6.85. The Morgan fingerprint density at radius 3 is 2.79 bits per heavy atom. The zero-order chi connectivity index (χ0) is 25.9. The van der Waals surface area contributed by atoms with Gasteiger partial charge in [0.2, 0.25) is 0 Å². The SMILES string of the molecule is Cc1ccc2cc(C(c3nnnn3CC3CCCO3)N(Cc3ccccc3)Cc3ccco3)c(=O)[nH]c2c1. The minimum atomic E-state index is -0.536. The topological polar surface area (TPSA) is 102 Å². The van der Waals surface area contributed by atoms with Crippen LogP contribution in [0.5, 0.6) is 0 Å². The van der Waals surface area contributed by atoms with E-state index in [2.05, 4.69) is 37.5 Å². The maximum atomic E-state index is 13.7. The van der Waals surface area contributed by atoms with Gasteiger partial charge in [0, 0.05) is 24.2 Å². The summed E-state index contributed by atoms with van der Waals surface area (Å²) in [4.78, 5) is 19.0. The summed E-state index contributed by atoms with van der Waals surface area (Å²) in [7, 11) is 0. The maximum Gasteiger partial charge on any atom is 0.253 e. The smallest absolute Gasteiger partial charge is 0.253 e. The summed E-state index contributed by atoms with van der Waals surface area (Å²) < 4.78 is 13.4. The Bertz CT molecular complexity index is 1550. The molecule has 3 aromatic heterocycles. The van der Waals surface area contributed by atoms with Crippen molar-refractivity contribution in [3.05, 3.63) is 112 Å². The van der Waals surface area contributed by atoms with Crippen LogP contribution in [0.1, 0.15) is 47.2 Å². The van der Waals surface area contributed by atoms with Crippen LogP contribution in [-0.2, 0) is 24.4 Å². The van der Waals surface area contributed by atoms with Crippen LogP contribution in [0.25, 0.3) is 10.9 Å². The molecule has 1 saturated heterocycles. The van der Waals surface area contributed by atoms with Gasteiger partial charge >= 0.3 is 0 Å². The van der Waals surface area contributed by atoms with Gasteiger partial charge in [-0.15, -0.1) is 5.10 Å². The average molecular weight is 511 g/mol. The molecule has 0 saturated carbocycles. The van der Waals surface area contributed by atoms with Gasteiger partial charge in [-0.05, 0) is 71.0 Å². The predicted molar refractivity (Wildman–Crippen MR) is 142 cm³/mol. The van der Waals surface area contributed by atoms with E-state index in [0.717, 1.165) is 47.2 Å². The van der Waals surface area contributed by atoms with Crippen LogP contribution >= 0.6 is 0 Å². The van der Waals surface area contributed by atoms with Gasteiger partial charge in [0.05, 0.1) is 25.5 Å². The summed E-state index contributed by atoms with van der Waals surface area (Å²) in [5.41, 5.74) is 3.40. The van der Waals surface area contributed by atoms with E-state index in [1.807, 2.05) is 61.5 Å². The van der Waals surface area contributed by atoms with E-state index in [9.17, 15) is 4.79 Å². The van der Waals surface area contributed by atoms with Crippen molar-refractivity contribution >= 4 is 10.9 Å². The third-order valence-electron chi connectivity index (χ3n) is 7.06. The number of nitrogens with one attached hydrogen (secondary N) is 1. The monoisotopic (exact) mass is 510 g/mol. The number of furan rings is 1. The second-order valence-electron chi connectivity index (χ2n) is 9.87. The Hall–Kier alpha value is -4.08. The average Bonchev–Trinajstić information content (AvgIpc) is 3.70. The van der Waals surface area contributed by atoms with Crippen molar-refractivity contribution in [3.8, 4) is 0 Å². The lowest BCUT2D eigenvalue weighted by Gasteiger charge is -2.30. The quantitative estimate of drug-likeness (QED) is 0.314. The van der Waals surface area contributed by atoms with Crippen molar-refractivity contribution in [2.45, 2.75) is 51.5 Å². The van der Waals surface area contributed by atoms with Gasteiger partial charge in [-0.25, -0.2) is 4.68 Å². The van der Waals surface area contributed by atoms with Gasteiger partial charge in [-0.2, -0.15) is 0 Å². The van der Waals surface area contributed by atoms with Crippen molar-refractivity contribution in [1.29, 1.82) is 0 Å². The second kappa shape index (κ2) is 10.7. The number of benzene rings is 2. The van der Waals surface area contributed by atoms with Crippen LogP contribution in [0.2, 0.25) is 0 Å². The molecule has 1 aliphatic rings. The van der Waals surface area contributed by atoms with Gasteiger partial charge in [0.15, 0.2) is 5.82 Å². The highest BCUT2D eigenvalue weighted by molar-refractivity contribution is 5.79. The molecule has 1 N–H and O–H groups in total. The fourth-order valence-corrected chi connectivity index (χ4v) is 5.21. The molecule has 1 aliphatic heterocycles. The number of aromatic nitrogens is 5. The molecule has 0 amide bonds. The molecule has 1 fully saturated rings. The Labute approximate surface area is 220 Å². The molecular weight excluding hydrogens is 480 g/mol. The molecule has 9 heteroatoms. The molecule has 0 bridgehead atoms. The number of ether oxygens (including phenoxy) is 1. The summed E-state index contributed by atoms with van der Waals surface area (Å²) in [6.07, 6.45) is 3.69. The molecular formula is C29H30N6O3. The molecule has 0 spiro atoms. The number of rotatable bonds is 9. The van der Waals surface area contributed by atoms with Crippen LogP contribution < -0.4 is 5.56 Å². The molecule has 38 heavy (non-hydrogen) atoms. The number of fused-ring (bicyclic) bond motifs is 1. The van der Waals surface area contributed by atoms with Gasteiger partial charge in [0.1, 0.15) is 11.8 Å². The largest absolute Gasteiger partial charge is 0.468 e.